The summed E-state index contributed by atoms with van der Waals surface area (Å²) >= 11 is 0. The zero-order chi connectivity index (χ0) is 11.3. The van der Waals surface area contributed by atoms with Crippen molar-refractivity contribution in [3.63, 3.8) is 0 Å². The molecule has 0 saturated carbocycles. The third-order valence-electron chi connectivity index (χ3n) is 1.71. The van der Waals surface area contributed by atoms with Gasteiger partial charge in [0.05, 0.1) is 12.1 Å². The lowest BCUT2D eigenvalue weighted by Gasteiger charge is -2.07. The first kappa shape index (κ1) is 11.1. The van der Waals surface area contributed by atoms with Crippen molar-refractivity contribution in [2.75, 3.05) is 6.54 Å². The molecule has 0 fully saturated rings. The van der Waals surface area contributed by atoms with Crippen LogP contribution in [-0.4, -0.2) is 34.6 Å². The molecular weight excluding hydrogens is 198 g/mol. The average Bonchev–Trinajstić information content (AvgIpc) is 2.26. The molecule has 1 heterocycles. The van der Waals surface area contributed by atoms with Gasteiger partial charge in [-0.2, -0.15) is 0 Å². The van der Waals surface area contributed by atoms with Crippen LogP contribution in [-0.2, 0) is 4.79 Å². The first-order chi connectivity index (χ1) is 7.11. The second-order valence-electron chi connectivity index (χ2n) is 2.87. The summed E-state index contributed by atoms with van der Waals surface area (Å²) in [4.78, 5) is 25.6. The number of aliphatic hydroxyl groups excluding tert-OH is 1. The Morgan fingerprint density at radius 2 is 2.33 bits per heavy atom. The first-order valence-corrected chi connectivity index (χ1v) is 4.27. The summed E-state index contributed by atoms with van der Waals surface area (Å²) in [5.74, 6) is -1.29. The number of hydrogen-bond acceptors (Lipinski definition) is 4. The van der Waals surface area contributed by atoms with Gasteiger partial charge in [0.1, 0.15) is 6.10 Å². The summed E-state index contributed by atoms with van der Waals surface area (Å²) in [5, 5.41) is 11.4. The topological polar surface area (TPSA) is 105 Å². The van der Waals surface area contributed by atoms with Crippen molar-refractivity contribution < 1.29 is 14.7 Å². The Morgan fingerprint density at radius 3 is 2.87 bits per heavy atom. The monoisotopic (exact) mass is 209 g/mol. The van der Waals surface area contributed by atoms with E-state index in [4.69, 9.17) is 10.8 Å². The van der Waals surface area contributed by atoms with Gasteiger partial charge in [-0.25, -0.2) is 0 Å². The molecule has 0 bridgehead atoms. The lowest BCUT2D eigenvalue weighted by Crippen LogP contribution is -2.39. The molecule has 4 N–H and O–H groups in total. The maximum Gasteiger partial charge on any atom is 0.252 e. The molecular formula is C9H11N3O3. The number of amides is 2. The van der Waals surface area contributed by atoms with Crippen molar-refractivity contribution in [2.24, 2.45) is 5.73 Å². The second-order valence-corrected chi connectivity index (χ2v) is 2.87. The van der Waals surface area contributed by atoms with Crippen molar-refractivity contribution >= 4 is 11.8 Å². The summed E-state index contributed by atoms with van der Waals surface area (Å²) in [6.07, 6.45) is 1.55. The van der Waals surface area contributed by atoms with Crippen LogP contribution in [0, 0.1) is 0 Å². The third kappa shape index (κ3) is 3.35. The van der Waals surface area contributed by atoms with Crippen LogP contribution in [0.25, 0.3) is 0 Å². The highest BCUT2D eigenvalue weighted by Gasteiger charge is 2.12. The Labute approximate surface area is 86.1 Å². The fraction of sp³-hybridized carbons (Fsp3) is 0.222. The average molecular weight is 209 g/mol. The molecule has 0 saturated heterocycles. The van der Waals surface area contributed by atoms with E-state index in [1.54, 1.807) is 12.1 Å². The Bertz CT molecular complexity index is 353. The lowest BCUT2D eigenvalue weighted by molar-refractivity contribution is -0.125. The Kier molecular flexibility index (Phi) is 3.75. The largest absolute Gasteiger partial charge is 0.381 e. The molecule has 1 atom stereocenters. The normalized spacial score (nSPS) is 11.8. The van der Waals surface area contributed by atoms with Gasteiger partial charge in [-0.15, -0.1) is 0 Å². The van der Waals surface area contributed by atoms with Crippen LogP contribution in [0.1, 0.15) is 10.4 Å². The quantitative estimate of drug-likeness (QED) is 0.570. The Balaban J connectivity index is 2.47. The lowest BCUT2D eigenvalue weighted by atomic mass is 10.2. The molecule has 6 heteroatoms. The fourth-order valence-electron chi connectivity index (χ4n) is 0.889. The van der Waals surface area contributed by atoms with Crippen LogP contribution in [0.4, 0.5) is 0 Å². The molecule has 0 aliphatic carbocycles. The molecule has 1 aromatic rings. The number of carbonyl (C=O) groups is 2. The standard InChI is InChI=1S/C9H11N3O3/c10-8(14)7(13)5-12-9(15)6-2-1-3-11-4-6/h1-4,7,13H,5H2,(H2,10,14)(H,12,15). The molecule has 0 aliphatic heterocycles. The van der Waals surface area contributed by atoms with Crippen LogP contribution in [0.5, 0.6) is 0 Å². The minimum Gasteiger partial charge on any atom is -0.381 e. The summed E-state index contributed by atoms with van der Waals surface area (Å²) in [6.45, 7) is -0.205. The van der Waals surface area contributed by atoms with Crippen molar-refractivity contribution in [2.45, 2.75) is 6.10 Å². The molecule has 1 rings (SSSR count). The SMILES string of the molecule is NC(=O)C(O)CNC(=O)c1cccnc1. The van der Waals surface area contributed by atoms with Crippen molar-refractivity contribution in [3.05, 3.63) is 30.1 Å². The zero-order valence-corrected chi connectivity index (χ0v) is 7.88. The molecule has 0 aromatic carbocycles. The van der Waals surface area contributed by atoms with E-state index in [2.05, 4.69) is 10.3 Å². The highest BCUT2D eigenvalue weighted by molar-refractivity contribution is 5.94. The number of nitrogens with zero attached hydrogens (tertiary/aromatic N) is 1. The Hall–Kier alpha value is -1.95. The third-order valence-corrected chi connectivity index (χ3v) is 1.71. The maximum absolute atomic E-state index is 11.4. The van der Waals surface area contributed by atoms with E-state index in [0.29, 0.717) is 5.56 Å². The van der Waals surface area contributed by atoms with Gasteiger partial charge >= 0.3 is 0 Å². The maximum atomic E-state index is 11.4. The number of hydrogen-bond donors (Lipinski definition) is 3. The first-order valence-electron chi connectivity index (χ1n) is 4.27. The van der Waals surface area contributed by atoms with Crippen LogP contribution in [0.15, 0.2) is 24.5 Å². The van der Waals surface area contributed by atoms with E-state index in [1.807, 2.05) is 0 Å². The van der Waals surface area contributed by atoms with Crippen molar-refractivity contribution in [1.29, 1.82) is 0 Å². The van der Waals surface area contributed by atoms with Crippen LogP contribution in [0.3, 0.4) is 0 Å². The number of rotatable bonds is 4. The van der Waals surface area contributed by atoms with Crippen LogP contribution >= 0.6 is 0 Å². The van der Waals surface area contributed by atoms with Crippen molar-refractivity contribution in [3.8, 4) is 0 Å². The zero-order valence-electron chi connectivity index (χ0n) is 7.88. The number of nitrogens with two attached hydrogens (primary N) is 1. The predicted octanol–water partition coefficient (Wildman–Crippen LogP) is -1.34. The van der Waals surface area contributed by atoms with Gasteiger partial charge in [-0.3, -0.25) is 14.6 Å². The minimum absolute atomic E-state index is 0.205. The van der Waals surface area contributed by atoms with Gasteiger partial charge < -0.3 is 16.2 Å². The van der Waals surface area contributed by atoms with Gasteiger partial charge in [0, 0.05) is 12.4 Å². The number of carbonyl (C=O) groups excluding carboxylic acids is 2. The Morgan fingerprint density at radius 1 is 1.60 bits per heavy atom. The van der Waals surface area contributed by atoms with Crippen molar-refractivity contribution in [1.82, 2.24) is 10.3 Å². The van der Waals surface area contributed by atoms with E-state index in [0.717, 1.165) is 0 Å². The number of aliphatic hydroxyl groups is 1. The molecule has 1 unspecified atom stereocenters. The summed E-state index contributed by atoms with van der Waals surface area (Å²) in [6, 6.07) is 3.18. The summed E-state index contributed by atoms with van der Waals surface area (Å²) in [7, 11) is 0. The molecule has 0 aliphatic rings. The molecule has 0 spiro atoms. The highest BCUT2D eigenvalue weighted by atomic mass is 16.3. The number of primary amides is 1. The molecule has 80 valence electrons. The highest BCUT2D eigenvalue weighted by Crippen LogP contribution is 1.94. The van der Waals surface area contributed by atoms with E-state index < -0.39 is 17.9 Å². The van der Waals surface area contributed by atoms with E-state index in [-0.39, 0.29) is 6.54 Å². The van der Waals surface area contributed by atoms with Gasteiger partial charge in [0.15, 0.2) is 0 Å². The number of aromatic nitrogens is 1. The molecule has 1 aromatic heterocycles. The fourth-order valence-corrected chi connectivity index (χ4v) is 0.889. The molecule has 0 radical (unpaired) electrons. The van der Waals surface area contributed by atoms with Crippen LogP contribution < -0.4 is 11.1 Å². The summed E-state index contributed by atoms with van der Waals surface area (Å²) in [5.41, 5.74) is 5.16. The van der Waals surface area contributed by atoms with E-state index in [1.165, 1.54) is 12.4 Å². The number of nitrogens with one attached hydrogen (secondary N) is 1. The van der Waals surface area contributed by atoms with E-state index in [9.17, 15) is 9.59 Å². The predicted molar refractivity (Wildman–Crippen MR) is 51.8 cm³/mol. The van der Waals surface area contributed by atoms with Crippen LogP contribution in [0.2, 0.25) is 0 Å². The van der Waals surface area contributed by atoms with Gasteiger partial charge in [-0.1, -0.05) is 0 Å². The van der Waals surface area contributed by atoms with E-state index >= 15 is 0 Å². The van der Waals surface area contributed by atoms with Gasteiger partial charge in [0.25, 0.3) is 5.91 Å². The molecule has 15 heavy (non-hydrogen) atoms. The van der Waals surface area contributed by atoms with Gasteiger partial charge in [-0.05, 0) is 12.1 Å². The smallest absolute Gasteiger partial charge is 0.252 e. The molecule has 6 nitrogen and oxygen atoms in total. The minimum atomic E-state index is -1.37. The molecule has 2 amide bonds. The summed E-state index contributed by atoms with van der Waals surface area (Å²) < 4.78 is 0. The van der Waals surface area contributed by atoms with Gasteiger partial charge in [0.2, 0.25) is 5.91 Å². The second kappa shape index (κ2) is 5.06. The number of pyridine rings is 1.